The van der Waals surface area contributed by atoms with Crippen LogP contribution in [0.1, 0.15) is 27.1 Å². The highest BCUT2D eigenvalue weighted by Gasteiger charge is 2.14. The van der Waals surface area contributed by atoms with Crippen LogP contribution in [-0.2, 0) is 11.8 Å². The minimum absolute atomic E-state index is 0.0368. The third kappa shape index (κ3) is 4.40. The molecular formula is C24H22N4O3. The van der Waals surface area contributed by atoms with E-state index in [2.05, 4.69) is 16.2 Å². The molecule has 156 valence electrons. The summed E-state index contributed by atoms with van der Waals surface area (Å²) in [7, 11) is 1.86. The third-order valence-electron chi connectivity index (χ3n) is 5.11. The molecule has 0 aliphatic carbocycles. The summed E-state index contributed by atoms with van der Waals surface area (Å²) < 4.78 is 1.86. The molecule has 3 amide bonds. The highest BCUT2D eigenvalue weighted by Crippen LogP contribution is 2.20. The van der Waals surface area contributed by atoms with Crippen LogP contribution < -0.4 is 16.2 Å². The van der Waals surface area contributed by atoms with Crippen molar-refractivity contribution in [3.05, 3.63) is 84.1 Å². The van der Waals surface area contributed by atoms with Gasteiger partial charge in [0.1, 0.15) is 0 Å². The number of aromatic nitrogens is 1. The molecule has 3 aromatic carbocycles. The summed E-state index contributed by atoms with van der Waals surface area (Å²) >= 11 is 0. The van der Waals surface area contributed by atoms with Crippen LogP contribution in [0, 0.1) is 0 Å². The molecule has 31 heavy (non-hydrogen) atoms. The number of hydrazine groups is 1. The quantitative estimate of drug-likeness (QED) is 0.439. The van der Waals surface area contributed by atoms with Crippen LogP contribution in [0.2, 0.25) is 0 Å². The van der Waals surface area contributed by atoms with Crippen LogP contribution >= 0.6 is 0 Å². The van der Waals surface area contributed by atoms with Crippen LogP contribution in [0.3, 0.4) is 0 Å². The molecule has 0 fully saturated rings. The van der Waals surface area contributed by atoms with Crippen molar-refractivity contribution in [2.75, 3.05) is 6.54 Å². The van der Waals surface area contributed by atoms with E-state index in [1.54, 1.807) is 12.3 Å². The molecule has 0 atom stereocenters. The van der Waals surface area contributed by atoms with E-state index in [1.165, 1.54) is 0 Å². The molecule has 4 aromatic rings. The lowest BCUT2D eigenvalue weighted by atomic mass is 10.1. The number of rotatable bonds is 5. The Balaban J connectivity index is 1.27. The Kier molecular flexibility index (Phi) is 5.66. The summed E-state index contributed by atoms with van der Waals surface area (Å²) in [5, 5.41) is 5.56. The second-order valence-electron chi connectivity index (χ2n) is 7.24. The smallest absolute Gasteiger partial charge is 0.271 e. The first-order chi connectivity index (χ1) is 15.0. The molecule has 0 bridgehead atoms. The average Bonchev–Trinajstić information content (AvgIpc) is 3.14. The molecule has 4 rings (SSSR count). The maximum absolute atomic E-state index is 12.4. The lowest BCUT2D eigenvalue weighted by Crippen LogP contribution is -2.42. The minimum Gasteiger partial charge on any atom is -0.352 e. The zero-order valence-electron chi connectivity index (χ0n) is 17.0. The van der Waals surface area contributed by atoms with Crippen molar-refractivity contribution in [2.24, 2.45) is 7.05 Å². The van der Waals surface area contributed by atoms with E-state index in [-0.39, 0.29) is 18.9 Å². The predicted octanol–water partition coefficient (Wildman–Crippen LogP) is 2.91. The van der Waals surface area contributed by atoms with Gasteiger partial charge in [-0.25, -0.2) is 0 Å². The maximum atomic E-state index is 12.4. The van der Waals surface area contributed by atoms with Gasteiger partial charge in [0.2, 0.25) is 5.91 Å². The van der Waals surface area contributed by atoms with Gasteiger partial charge in [-0.05, 0) is 29.0 Å². The summed E-state index contributed by atoms with van der Waals surface area (Å²) in [5.41, 5.74) is 6.76. The second kappa shape index (κ2) is 8.71. The molecule has 0 saturated heterocycles. The molecule has 1 heterocycles. The van der Waals surface area contributed by atoms with Crippen molar-refractivity contribution in [3.63, 3.8) is 0 Å². The monoisotopic (exact) mass is 414 g/mol. The summed E-state index contributed by atoms with van der Waals surface area (Å²) in [5.74, 6) is -1.05. The first-order valence-electron chi connectivity index (χ1n) is 9.93. The number of aryl methyl sites for hydroxylation is 1. The van der Waals surface area contributed by atoms with Crippen molar-refractivity contribution in [1.82, 2.24) is 20.7 Å². The van der Waals surface area contributed by atoms with Crippen LogP contribution in [0.4, 0.5) is 0 Å². The topological polar surface area (TPSA) is 92.2 Å². The molecule has 0 spiro atoms. The lowest BCUT2D eigenvalue weighted by Gasteiger charge is -2.08. The second-order valence-corrected chi connectivity index (χ2v) is 7.24. The Hall–Kier alpha value is -4.13. The Morgan fingerprint density at radius 2 is 1.58 bits per heavy atom. The van der Waals surface area contributed by atoms with Gasteiger partial charge in [-0.1, -0.05) is 48.5 Å². The van der Waals surface area contributed by atoms with Gasteiger partial charge in [-0.15, -0.1) is 0 Å². The first kappa shape index (κ1) is 20.2. The molecule has 0 aliphatic heterocycles. The van der Waals surface area contributed by atoms with E-state index in [0.717, 1.165) is 21.7 Å². The van der Waals surface area contributed by atoms with Gasteiger partial charge in [0.15, 0.2) is 0 Å². The van der Waals surface area contributed by atoms with Crippen LogP contribution in [-0.4, -0.2) is 28.8 Å². The number of hydrogen-bond donors (Lipinski definition) is 3. The summed E-state index contributed by atoms with van der Waals surface area (Å²) in [6.07, 6.45) is 1.76. The van der Waals surface area contributed by atoms with Crippen LogP contribution in [0.5, 0.6) is 0 Å². The Bertz CT molecular complexity index is 1290. The van der Waals surface area contributed by atoms with Crippen molar-refractivity contribution in [3.8, 4) is 0 Å². The number of nitrogens with zero attached hydrogens (tertiary/aromatic N) is 1. The molecular weight excluding hydrogens is 392 g/mol. The number of fused-ring (bicyclic) bond motifs is 2. The Labute approximate surface area is 179 Å². The van der Waals surface area contributed by atoms with E-state index in [9.17, 15) is 14.4 Å². The van der Waals surface area contributed by atoms with E-state index < -0.39 is 11.8 Å². The van der Waals surface area contributed by atoms with Crippen LogP contribution in [0.15, 0.2) is 72.9 Å². The SMILES string of the molecule is Cn1cc(C(=O)NNC(=O)CCNC(=O)c2ccc3ccccc3c2)c2ccccc21. The van der Waals surface area contributed by atoms with Gasteiger partial charge in [0.25, 0.3) is 11.8 Å². The molecule has 7 nitrogen and oxygen atoms in total. The van der Waals surface area contributed by atoms with Crippen molar-refractivity contribution < 1.29 is 14.4 Å². The Morgan fingerprint density at radius 1 is 0.839 bits per heavy atom. The van der Waals surface area contributed by atoms with Crippen LogP contribution in [0.25, 0.3) is 21.7 Å². The molecule has 3 N–H and O–H groups in total. The molecule has 0 aliphatic rings. The van der Waals surface area contributed by atoms with E-state index in [1.807, 2.05) is 72.3 Å². The largest absolute Gasteiger partial charge is 0.352 e. The standard InChI is InChI=1S/C24H22N4O3/c1-28-15-20(19-8-4-5-9-21(19)28)24(31)27-26-22(29)12-13-25-23(30)18-11-10-16-6-2-3-7-17(16)14-18/h2-11,14-15H,12-13H2,1H3,(H,25,30)(H,26,29)(H,27,31). The fourth-order valence-corrected chi connectivity index (χ4v) is 3.50. The number of carbonyl (C=O) groups excluding carboxylic acids is 3. The number of benzene rings is 3. The van der Waals surface area contributed by atoms with Gasteiger partial charge in [-0.3, -0.25) is 25.2 Å². The van der Waals surface area contributed by atoms with Gasteiger partial charge in [-0.2, -0.15) is 0 Å². The highest BCUT2D eigenvalue weighted by molar-refractivity contribution is 6.07. The zero-order chi connectivity index (χ0) is 21.8. The summed E-state index contributed by atoms with van der Waals surface area (Å²) in [6, 6.07) is 20.8. The number of nitrogens with one attached hydrogen (secondary N) is 3. The van der Waals surface area contributed by atoms with Crippen molar-refractivity contribution in [1.29, 1.82) is 0 Å². The van der Waals surface area contributed by atoms with Gasteiger partial charge in [0, 0.05) is 42.7 Å². The third-order valence-corrected chi connectivity index (χ3v) is 5.11. The van der Waals surface area contributed by atoms with E-state index in [4.69, 9.17) is 0 Å². The van der Waals surface area contributed by atoms with Crippen molar-refractivity contribution >= 4 is 39.4 Å². The fourth-order valence-electron chi connectivity index (χ4n) is 3.50. The first-order valence-corrected chi connectivity index (χ1v) is 9.93. The lowest BCUT2D eigenvalue weighted by molar-refractivity contribution is -0.121. The molecule has 0 saturated carbocycles. The summed E-state index contributed by atoms with van der Waals surface area (Å²) in [4.78, 5) is 36.8. The van der Waals surface area contributed by atoms with Gasteiger partial charge < -0.3 is 9.88 Å². The molecule has 0 radical (unpaired) electrons. The number of carbonyl (C=O) groups is 3. The Morgan fingerprint density at radius 3 is 2.42 bits per heavy atom. The van der Waals surface area contributed by atoms with E-state index in [0.29, 0.717) is 11.1 Å². The van der Waals surface area contributed by atoms with Gasteiger partial charge in [0.05, 0.1) is 5.56 Å². The fraction of sp³-hybridized carbons (Fsp3) is 0.125. The zero-order valence-corrected chi connectivity index (χ0v) is 17.0. The molecule has 0 unspecified atom stereocenters. The van der Waals surface area contributed by atoms with Crippen molar-refractivity contribution in [2.45, 2.75) is 6.42 Å². The summed E-state index contributed by atoms with van der Waals surface area (Å²) in [6.45, 7) is 0.154. The number of amides is 3. The number of hydrogen-bond acceptors (Lipinski definition) is 3. The number of para-hydroxylation sites is 1. The normalized spacial score (nSPS) is 10.7. The van der Waals surface area contributed by atoms with Gasteiger partial charge >= 0.3 is 0 Å². The minimum atomic E-state index is -0.398. The van der Waals surface area contributed by atoms with E-state index >= 15 is 0 Å². The predicted molar refractivity (Wildman–Crippen MR) is 119 cm³/mol. The highest BCUT2D eigenvalue weighted by atomic mass is 16.2. The maximum Gasteiger partial charge on any atom is 0.271 e. The molecule has 1 aromatic heterocycles. The molecule has 7 heteroatoms. The average molecular weight is 414 g/mol.